The van der Waals surface area contributed by atoms with Crippen LogP contribution in [0.4, 0.5) is 11.6 Å². The number of nitrogens with zero attached hydrogens (tertiary/aromatic N) is 2. The second kappa shape index (κ2) is 7.13. The van der Waals surface area contributed by atoms with Gasteiger partial charge in [-0.05, 0) is 19.8 Å². The van der Waals surface area contributed by atoms with Crippen molar-refractivity contribution in [3.8, 4) is 0 Å². The van der Waals surface area contributed by atoms with Crippen LogP contribution in [-0.4, -0.2) is 27.7 Å². The molecule has 1 rings (SSSR count). The van der Waals surface area contributed by atoms with Crippen LogP contribution in [0.25, 0.3) is 0 Å². The Morgan fingerprint density at radius 2 is 1.94 bits per heavy atom. The molecule has 0 saturated carbocycles. The van der Waals surface area contributed by atoms with E-state index in [1.807, 2.05) is 13.8 Å². The molecule has 5 N–H and O–H groups in total. The van der Waals surface area contributed by atoms with Gasteiger partial charge in [-0.15, -0.1) is 0 Å². The molecule has 1 aromatic rings. The van der Waals surface area contributed by atoms with Gasteiger partial charge in [0.1, 0.15) is 17.5 Å². The Bertz CT molecular complexity index is 379. The normalized spacial score (nSPS) is 12.3. The number of aryl methyl sites for hydroxylation is 1. The summed E-state index contributed by atoms with van der Waals surface area (Å²) in [4.78, 5) is 8.83. The fraction of sp³-hybridized carbons (Fsp3) is 0.667. The van der Waals surface area contributed by atoms with E-state index in [1.165, 1.54) is 0 Å². The molecule has 0 saturated heterocycles. The molecule has 0 aromatic carbocycles. The Labute approximate surface area is 108 Å². The summed E-state index contributed by atoms with van der Waals surface area (Å²) in [5.41, 5.74) is 3.46. The van der Waals surface area contributed by atoms with Crippen molar-refractivity contribution in [3.63, 3.8) is 0 Å². The third-order valence-electron chi connectivity index (χ3n) is 2.86. The summed E-state index contributed by atoms with van der Waals surface area (Å²) in [5, 5.41) is 12.5. The predicted molar refractivity (Wildman–Crippen MR) is 73.4 cm³/mol. The lowest BCUT2D eigenvalue weighted by atomic mass is 10.2. The van der Waals surface area contributed by atoms with Crippen molar-refractivity contribution in [1.29, 1.82) is 0 Å². The molecule has 1 aromatic heterocycles. The molecule has 6 heteroatoms. The van der Waals surface area contributed by atoms with E-state index >= 15 is 0 Å². The SMILES string of the molecule is CCCc1nc(NN)c(C)c(NC(CC)CO)n1. The standard InChI is InChI=1S/C12H23N5O/c1-4-6-10-15-11(14-9(5-2)7-18)8(3)12(16-10)17-13/h9,18H,4-7,13H2,1-3H3,(H2,14,15,16,17). The number of aliphatic hydroxyl groups excluding tert-OH is 1. The van der Waals surface area contributed by atoms with Crippen molar-refractivity contribution in [2.24, 2.45) is 5.84 Å². The van der Waals surface area contributed by atoms with Crippen molar-refractivity contribution < 1.29 is 5.11 Å². The molecule has 1 unspecified atom stereocenters. The molecule has 0 bridgehead atoms. The number of rotatable bonds is 7. The number of nitrogens with two attached hydrogens (primary N) is 1. The molecule has 1 atom stereocenters. The zero-order chi connectivity index (χ0) is 13.5. The van der Waals surface area contributed by atoms with Gasteiger partial charge in [0.25, 0.3) is 0 Å². The van der Waals surface area contributed by atoms with Crippen molar-refractivity contribution in [2.45, 2.75) is 46.1 Å². The molecule has 1 heterocycles. The lowest BCUT2D eigenvalue weighted by molar-refractivity contribution is 0.271. The van der Waals surface area contributed by atoms with Crippen LogP contribution in [0.3, 0.4) is 0 Å². The summed E-state index contributed by atoms with van der Waals surface area (Å²) in [6, 6.07) is -0.00120. The number of aromatic nitrogens is 2. The molecular formula is C12H23N5O. The Morgan fingerprint density at radius 1 is 1.28 bits per heavy atom. The smallest absolute Gasteiger partial charge is 0.148 e. The monoisotopic (exact) mass is 253 g/mol. The van der Waals surface area contributed by atoms with Gasteiger partial charge in [0.05, 0.1) is 12.6 Å². The van der Waals surface area contributed by atoms with Gasteiger partial charge in [-0.2, -0.15) is 0 Å². The average molecular weight is 253 g/mol. The Hall–Kier alpha value is -1.40. The van der Waals surface area contributed by atoms with Crippen LogP contribution in [0.5, 0.6) is 0 Å². The number of hydrogen-bond acceptors (Lipinski definition) is 6. The molecule has 0 amide bonds. The van der Waals surface area contributed by atoms with Crippen LogP contribution in [0.15, 0.2) is 0 Å². The molecule has 0 radical (unpaired) electrons. The number of aliphatic hydroxyl groups is 1. The van der Waals surface area contributed by atoms with Gasteiger partial charge in [-0.25, -0.2) is 15.8 Å². The van der Waals surface area contributed by atoms with Crippen LogP contribution in [-0.2, 0) is 6.42 Å². The van der Waals surface area contributed by atoms with Gasteiger partial charge in [-0.3, -0.25) is 0 Å². The zero-order valence-corrected chi connectivity index (χ0v) is 11.3. The molecular weight excluding hydrogens is 230 g/mol. The summed E-state index contributed by atoms with van der Waals surface area (Å²) < 4.78 is 0. The number of hydrazine groups is 1. The van der Waals surface area contributed by atoms with Gasteiger partial charge in [0, 0.05) is 12.0 Å². The molecule has 0 aliphatic rings. The highest BCUT2D eigenvalue weighted by molar-refractivity contribution is 5.57. The van der Waals surface area contributed by atoms with Gasteiger partial charge in [-0.1, -0.05) is 13.8 Å². The van der Waals surface area contributed by atoms with Gasteiger partial charge >= 0.3 is 0 Å². The maximum atomic E-state index is 9.23. The van der Waals surface area contributed by atoms with E-state index in [0.29, 0.717) is 5.82 Å². The molecule has 0 spiro atoms. The highest BCUT2D eigenvalue weighted by Crippen LogP contribution is 2.20. The minimum Gasteiger partial charge on any atom is -0.394 e. The predicted octanol–water partition coefficient (Wildman–Crippen LogP) is 1.21. The third-order valence-corrected chi connectivity index (χ3v) is 2.86. The highest BCUT2D eigenvalue weighted by atomic mass is 16.3. The quantitative estimate of drug-likeness (QED) is 0.431. The van der Waals surface area contributed by atoms with Crippen molar-refractivity contribution in [3.05, 3.63) is 11.4 Å². The topological polar surface area (TPSA) is 96.1 Å². The van der Waals surface area contributed by atoms with Crippen LogP contribution in [0.2, 0.25) is 0 Å². The van der Waals surface area contributed by atoms with E-state index in [2.05, 4.69) is 27.6 Å². The van der Waals surface area contributed by atoms with Crippen LogP contribution in [0.1, 0.15) is 38.1 Å². The fourth-order valence-corrected chi connectivity index (χ4v) is 1.65. The van der Waals surface area contributed by atoms with E-state index in [4.69, 9.17) is 5.84 Å². The Morgan fingerprint density at radius 3 is 2.44 bits per heavy atom. The Kier molecular flexibility index (Phi) is 5.80. The third kappa shape index (κ3) is 3.54. The second-order valence-corrected chi connectivity index (χ2v) is 4.29. The van der Waals surface area contributed by atoms with Crippen molar-refractivity contribution >= 4 is 11.6 Å². The summed E-state index contributed by atoms with van der Waals surface area (Å²) in [7, 11) is 0. The molecule has 0 aliphatic heterocycles. The lowest BCUT2D eigenvalue weighted by Gasteiger charge is -2.18. The molecule has 0 fully saturated rings. The van der Waals surface area contributed by atoms with E-state index in [1.54, 1.807) is 0 Å². The maximum absolute atomic E-state index is 9.23. The van der Waals surface area contributed by atoms with E-state index in [9.17, 15) is 5.11 Å². The first-order valence-electron chi connectivity index (χ1n) is 6.37. The number of anilines is 2. The molecule has 18 heavy (non-hydrogen) atoms. The zero-order valence-electron chi connectivity index (χ0n) is 11.3. The van der Waals surface area contributed by atoms with Gasteiger partial charge in [0.15, 0.2) is 0 Å². The minimum atomic E-state index is -0.00120. The van der Waals surface area contributed by atoms with Gasteiger partial charge in [0.2, 0.25) is 0 Å². The molecule has 0 aliphatic carbocycles. The maximum Gasteiger partial charge on any atom is 0.148 e. The number of nitrogen functional groups attached to an aromatic ring is 1. The summed E-state index contributed by atoms with van der Waals surface area (Å²) in [6.07, 6.45) is 2.61. The minimum absolute atomic E-state index is 0.00120. The Balaban J connectivity index is 3.03. The molecule has 6 nitrogen and oxygen atoms in total. The second-order valence-electron chi connectivity index (χ2n) is 4.29. The highest BCUT2D eigenvalue weighted by Gasteiger charge is 2.13. The summed E-state index contributed by atoms with van der Waals surface area (Å²) >= 11 is 0. The lowest BCUT2D eigenvalue weighted by Crippen LogP contribution is -2.25. The van der Waals surface area contributed by atoms with Crippen LogP contribution >= 0.6 is 0 Å². The van der Waals surface area contributed by atoms with Crippen LogP contribution < -0.4 is 16.6 Å². The van der Waals surface area contributed by atoms with Crippen LogP contribution in [0, 0.1) is 6.92 Å². The number of hydrogen-bond donors (Lipinski definition) is 4. The van der Waals surface area contributed by atoms with Crippen molar-refractivity contribution in [1.82, 2.24) is 9.97 Å². The number of nitrogens with one attached hydrogen (secondary N) is 2. The van der Waals surface area contributed by atoms with E-state index in [-0.39, 0.29) is 12.6 Å². The first-order valence-corrected chi connectivity index (χ1v) is 6.37. The summed E-state index contributed by atoms with van der Waals surface area (Å²) in [6.45, 7) is 6.07. The largest absolute Gasteiger partial charge is 0.394 e. The van der Waals surface area contributed by atoms with E-state index in [0.717, 1.165) is 36.5 Å². The fourth-order valence-electron chi connectivity index (χ4n) is 1.65. The first kappa shape index (κ1) is 14.7. The molecule has 102 valence electrons. The summed E-state index contributed by atoms with van der Waals surface area (Å²) in [5.74, 6) is 7.59. The first-order chi connectivity index (χ1) is 8.65. The van der Waals surface area contributed by atoms with Gasteiger partial charge < -0.3 is 15.8 Å². The average Bonchev–Trinajstić information content (AvgIpc) is 2.39. The van der Waals surface area contributed by atoms with E-state index < -0.39 is 0 Å². The van der Waals surface area contributed by atoms with Crippen molar-refractivity contribution in [2.75, 3.05) is 17.3 Å².